The van der Waals surface area contributed by atoms with Crippen LogP contribution < -0.4 is 15.4 Å². The molecule has 30 heavy (non-hydrogen) atoms. The minimum atomic E-state index is -0.133. The van der Waals surface area contributed by atoms with Crippen molar-refractivity contribution >= 4 is 11.9 Å². The standard InChI is InChI=1S/C24H29N3O3/c1-30-21-10-6-5-9-20(21)22(28)26-17-24(18-7-3-2-4-8-18)13-11-19(12-14-24)27-16-15-25-23(27)29/h2-10,19H,11-17H2,1H3,(H,25,29)(H,26,28). The Morgan fingerprint density at radius 1 is 1.13 bits per heavy atom. The summed E-state index contributed by atoms with van der Waals surface area (Å²) in [5, 5.41) is 6.07. The Morgan fingerprint density at radius 3 is 2.50 bits per heavy atom. The first-order chi connectivity index (χ1) is 14.6. The third-order valence-corrected chi connectivity index (χ3v) is 6.57. The Labute approximate surface area is 177 Å². The van der Waals surface area contributed by atoms with Gasteiger partial charge in [0.2, 0.25) is 0 Å². The van der Waals surface area contributed by atoms with E-state index in [0.29, 0.717) is 17.9 Å². The molecule has 0 aromatic heterocycles. The number of nitrogens with one attached hydrogen (secondary N) is 2. The number of para-hydroxylation sites is 1. The van der Waals surface area contributed by atoms with E-state index >= 15 is 0 Å². The SMILES string of the molecule is COc1ccccc1C(=O)NCC1(c2ccccc2)CCC(N2CCNC2=O)CC1. The summed E-state index contributed by atoms with van der Waals surface area (Å²) in [4.78, 5) is 27.0. The second-order valence-electron chi connectivity index (χ2n) is 8.19. The van der Waals surface area contributed by atoms with E-state index in [1.807, 2.05) is 23.1 Å². The number of ether oxygens (including phenoxy) is 1. The molecule has 2 aromatic rings. The van der Waals surface area contributed by atoms with Crippen molar-refractivity contribution in [2.45, 2.75) is 37.1 Å². The van der Waals surface area contributed by atoms with Gasteiger partial charge in [-0.15, -0.1) is 0 Å². The van der Waals surface area contributed by atoms with E-state index in [0.717, 1.165) is 38.8 Å². The van der Waals surface area contributed by atoms with Crippen molar-refractivity contribution in [2.24, 2.45) is 0 Å². The molecular weight excluding hydrogens is 378 g/mol. The lowest BCUT2D eigenvalue weighted by molar-refractivity contribution is 0.0925. The second kappa shape index (κ2) is 8.78. The average molecular weight is 408 g/mol. The number of carbonyl (C=O) groups excluding carboxylic acids is 2. The highest BCUT2D eigenvalue weighted by Crippen LogP contribution is 2.40. The minimum Gasteiger partial charge on any atom is -0.496 e. The van der Waals surface area contributed by atoms with Crippen LogP contribution in [0.1, 0.15) is 41.6 Å². The van der Waals surface area contributed by atoms with Crippen LogP contribution in [0.25, 0.3) is 0 Å². The molecule has 0 spiro atoms. The van der Waals surface area contributed by atoms with Crippen LogP contribution in [0.5, 0.6) is 5.75 Å². The van der Waals surface area contributed by atoms with Crippen LogP contribution in [0, 0.1) is 0 Å². The van der Waals surface area contributed by atoms with E-state index in [1.54, 1.807) is 19.2 Å². The summed E-state index contributed by atoms with van der Waals surface area (Å²) < 4.78 is 5.34. The fraction of sp³-hybridized carbons (Fsp3) is 0.417. The van der Waals surface area contributed by atoms with Gasteiger partial charge in [-0.25, -0.2) is 4.79 Å². The van der Waals surface area contributed by atoms with Crippen LogP contribution in [-0.4, -0.2) is 49.6 Å². The quantitative estimate of drug-likeness (QED) is 0.772. The number of rotatable bonds is 6. The van der Waals surface area contributed by atoms with E-state index in [4.69, 9.17) is 4.74 Å². The predicted octanol–water partition coefficient (Wildman–Crippen LogP) is 3.33. The van der Waals surface area contributed by atoms with Crippen molar-refractivity contribution in [3.8, 4) is 5.75 Å². The Hall–Kier alpha value is -3.02. The molecule has 1 saturated heterocycles. The van der Waals surface area contributed by atoms with Gasteiger partial charge in [0, 0.05) is 31.1 Å². The Balaban J connectivity index is 1.50. The number of methoxy groups -OCH3 is 1. The van der Waals surface area contributed by atoms with Gasteiger partial charge in [0.15, 0.2) is 0 Å². The molecule has 4 rings (SSSR count). The summed E-state index contributed by atoms with van der Waals surface area (Å²) in [6.07, 6.45) is 3.73. The first-order valence-electron chi connectivity index (χ1n) is 10.6. The third kappa shape index (κ3) is 3.99. The Morgan fingerprint density at radius 2 is 1.83 bits per heavy atom. The van der Waals surface area contributed by atoms with Gasteiger partial charge in [0.05, 0.1) is 12.7 Å². The molecule has 1 saturated carbocycles. The van der Waals surface area contributed by atoms with Crippen LogP contribution in [0.4, 0.5) is 4.79 Å². The maximum absolute atomic E-state index is 12.9. The van der Waals surface area contributed by atoms with Gasteiger partial charge in [0.25, 0.3) is 5.91 Å². The lowest BCUT2D eigenvalue weighted by atomic mass is 9.68. The number of carbonyl (C=O) groups is 2. The van der Waals surface area contributed by atoms with Gasteiger partial charge in [0.1, 0.15) is 5.75 Å². The maximum atomic E-state index is 12.9. The minimum absolute atomic E-state index is 0.0525. The molecule has 1 heterocycles. The first kappa shape index (κ1) is 20.3. The topological polar surface area (TPSA) is 70.7 Å². The normalized spacial score (nSPS) is 23.7. The van der Waals surface area contributed by atoms with Crippen molar-refractivity contribution in [3.63, 3.8) is 0 Å². The smallest absolute Gasteiger partial charge is 0.317 e. The van der Waals surface area contributed by atoms with Crippen LogP contribution in [-0.2, 0) is 5.41 Å². The average Bonchev–Trinajstić information content (AvgIpc) is 3.24. The zero-order chi connectivity index (χ0) is 21.0. The van der Waals surface area contributed by atoms with Crippen molar-refractivity contribution in [1.29, 1.82) is 0 Å². The molecular formula is C24H29N3O3. The second-order valence-corrected chi connectivity index (χ2v) is 8.19. The zero-order valence-corrected chi connectivity index (χ0v) is 17.4. The lowest BCUT2D eigenvalue weighted by Gasteiger charge is -2.43. The number of hydrogen-bond acceptors (Lipinski definition) is 3. The van der Waals surface area contributed by atoms with Crippen molar-refractivity contribution < 1.29 is 14.3 Å². The Kier molecular flexibility index (Phi) is 5.93. The molecule has 6 nitrogen and oxygen atoms in total. The number of hydrogen-bond donors (Lipinski definition) is 2. The molecule has 2 aliphatic rings. The number of amides is 3. The number of urea groups is 1. The van der Waals surface area contributed by atoms with Gasteiger partial charge < -0.3 is 20.3 Å². The fourth-order valence-electron chi connectivity index (χ4n) is 4.84. The van der Waals surface area contributed by atoms with Gasteiger partial charge in [-0.05, 0) is 43.4 Å². The van der Waals surface area contributed by atoms with Crippen LogP contribution in [0.2, 0.25) is 0 Å². The molecule has 2 fully saturated rings. The third-order valence-electron chi connectivity index (χ3n) is 6.57. The van der Waals surface area contributed by atoms with Crippen molar-refractivity contribution in [2.75, 3.05) is 26.7 Å². The molecule has 0 bridgehead atoms. The first-order valence-corrected chi connectivity index (χ1v) is 10.6. The van der Waals surface area contributed by atoms with Crippen LogP contribution in [0.3, 0.4) is 0 Å². The summed E-state index contributed by atoms with van der Waals surface area (Å²) >= 11 is 0. The van der Waals surface area contributed by atoms with Crippen LogP contribution >= 0.6 is 0 Å². The number of benzene rings is 2. The molecule has 2 aromatic carbocycles. The molecule has 1 aliphatic carbocycles. The molecule has 2 N–H and O–H groups in total. The maximum Gasteiger partial charge on any atom is 0.317 e. The summed E-state index contributed by atoms with van der Waals surface area (Å²) in [7, 11) is 1.58. The summed E-state index contributed by atoms with van der Waals surface area (Å²) in [6.45, 7) is 2.08. The van der Waals surface area contributed by atoms with E-state index in [-0.39, 0.29) is 23.4 Å². The predicted molar refractivity (Wildman–Crippen MR) is 116 cm³/mol. The van der Waals surface area contributed by atoms with E-state index in [1.165, 1.54) is 5.56 Å². The fourth-order valence-corrected chi connectivity index (χ4v) is 4.84. The molecule has 0 unspecified atom stereocenters. The molecule has 158 valence electrons. The zero-order valence-electron chi connectivity index (χ0n) is 17.4. The monoisotopic (exact) mass is 407 g/mol. The van der Waals surface area contributed by atoms with Gasteiger partial charge >= 0.3 is 6.03 Å². The van der Waals surface area contributed by atoms with E-state index in [2.05, 4.69) is 34.9 Å². The van der Waals surface area contributed by atoms with E-state index in [9.17, 15) is 9.59 Å². The molecule has 0 atom stereocenters. The summed E-state index contributed by atoms with van der Waals surface area (Å²) in [5.74, 6) is 0.455. The Bertz CT molecular complexity index is 892. The van der Waals surface area contributed by atoms with Crippen molar-refractivity contribution in [3.05, 3.63) is 65.7 Å². The summed E-state index contributed by atoms with van der Waals surface area (Å²) in [6, 6.07) is 18.0. The van der Waals surface area contributed by atoms with Gasteiger partial charge in [-0.2, -0.15) is 0 Å². The highest BCUT2D eigenvalue weighted by molar-refractivity contribution is 5.97. The lowest BCUT2D eigenvalue weighted by Crippen LogP contribution is -2.48. The molecule has 3 amide bonds. The summed E-state index contributed by atoms with van der Waals surface area (Å²) in [5.41, 5.74) is 1.66. The highest BCUT2D eigenvalue weighted by atomic mass is 16.5. The van der Waals surface area contributed by atoms with E-state index < -0.39 is 0 Å². The highest BCUT2D eigenvalue weighted by Gasteiger charge is 2.40. The van der Waals surface area contributed by atoms with Gasteiger partial charge in [-0.1, -0.05) is 42.5 Å². The molecule has 0 radical (unpaired) electrons. The largest absolute Gasteiger partial charge is 0.496 e. The van der Waals surface area contributed by atoms with Crippen LogP contribution in [0.15, 0.2) is 54.6 Å². The van der Waals surface area contributed by atoms with Crippen molar-refractivity contribution in [1.82, 2.24) is 15.5 Å². The molecule has 1 aliphatic heterocycles. The molecule has 6 heteroatoms. The number of nitrogens with zero attached hydrogens (tertiary/aromatic N) is 1. The van der Waals surface area contributed by atoms with Gasteiger partial charge in [-0.3, -0.25) is 4.79 Å².